The van der Waals surface area contributed by atoms with Gasteiger partial charge in [-0.05, 0) is 61.7 Å². The molecule has 8 heteroatoms. The molecule has 0 bridgehead atoms. The number of carbonyl (C=O) groups is 3. The largest absolute Gasteiger partial charge is 0.513 e. The molecule has 1 heterocycles. The van der Waals surface area contributed by atoms with Crippen LogP contribution in [0.5, 0.6) is 11.5 Å². The highest BCUT2D eigenvalue weighted by atomic mass is 16.7. The van der Waals surface area contributed by atoms with Crippen LogP contribution < -0.4 is 9.47 Å². The molecule has 1 aliphatic rings. The van der Waals surface area contributed by atoms with Crippen LogP contribution in [0.4, 0.5) is 4.79 Å². The molecule has 2 amide bonds. The normalized spacial score (nSPS) is 13.7. The van der Waals surface area contributed by atoms with Crippen molar-refractivity contribution in [2.24, 2.45) is 0 Å². The van der Waals surface area contributed by atoms with Gasteiger partial charge in [-0.25, -0.2) is 4.79 Å². The number of rotatable bonds is 8. The Labute approximate surface area is 200 Å². The van der Waals surface area contributed by atoms with Crippen molar-refractivity contribution in [3.63, 3.8) is 0 Å². The van der Waals surface area contributed by atoms with Crippen molar-refractivity contribution in [1.29, 1.82) is 0 Å². The molecule has 8 nitrogen and oxygen atoms in total. The van der Waals surface area contributed by atoms with E-state index in [2.05, 4.69) is 6.92 Å². The van der Waals surface area contributed by atoms with Gasteiger partial charge in [0.25, 0.3) is 11.8 Å². The van der Waals surface area contributed by atoms with Gasteiger partial charge in [0.2, 0.25) is 0 Å². The lowest BCUT2D eigenvalue weighted by Crippen LogP contribution is -2.39. The summed E-state index contributed by atoms with van der Waals surface area (Å²) >= 11 is 0. The second kappa shape index (κ2) is 12.6. The minimum absolute atomic E-state index is 0.0248. The van der Waals surface area contributed by atoms with Crippen LogP contribution in [-0.4, -0.2) is 67.2 Å². The standard InChI is InChI=1S/C26H32N2O6/c1-3-6-20-7-11-22(12-8-20)33-19-24(29)27-15-5-16-28(18-17-27)25(30)21-9-13-23(14-10-21)34-26(31)32-4-2/h7-14H,3-6,15-19H2,1-2H3. The number of hydrogen-bond acceptors (Lipinski definition) is 6. The first-order chi connectivity index (χ1) is 16.5. The lowest BCUT2D eigenvalue weighted by molar-refractivity contribution is -0.133. The van der Waals surface area contributed by atoms with E-state index in [9.17, 15) is 14.4 Å². The lowest BCUT2D eigenvalue weighted by atomic mass is 10.1. The molecule has 34 heavy (non-hydrogen) atoms. The molecule has 1 aliphatic heterocycles. The Hall–Kier alpha value is -3.55. The molecular weight excluding hydrogens is 436 g/mol. The van der Waals surface area contributed by atoms with Crippen LogP contribution in [0.1, 0.15) is 42.6 Å². The SMILES string of the molecule is CCCc1ccc(OCC(=O)N2CCCN(C(=O)c3ccc(OC(=O)OCC)cc3)CC2)cc1. The van der Waals surface area contributed by atoms with E-state index in [4.69, 9.17) is 14.2 Å². The second-order valence-electron chi connectivity index (χ2n) is 8.02. The summed E-state index contributed by atoms with van der Waals surface area (Å²) in [5.74, 6) is 0.769. The predicted octanol–water partition coefficient (Wildman–Crippen LogP) is 3.93. The molecule has 1 saturated heterocycles. The number of benzene rings is 2. The molecule has 0 unspecified atom stereocenters. The zero-order valence-electron chi connectivity index (χ0n) is 19.8. The van der Waals surface area contributed by atoms with Crippen LogP contribution in [0.2, 0.25) is 0 Å². The molecule has 0 N–H and O–H groups in total. The van der Waals surface area contributed by atoms with Gasteiger partial charge in [-0.2, -0.15) is 0 Å². The zero-order valence-corrected chi connectivity index (χ0v) is 19.8. The topological polar surface area (TPSA) is 85.4 Å². The van der Waals surface area contributed by atoms with Crippen molar-refractivity contribution >= 4 is 18.0 Å². The maximum absolute atomic E-state index is 12.9. The minimum atomic E-state index is -0.781. The fourth-order valence-electron chi connectivity index (χ4n) is 3.74. The van der Waals surface area contributed by atoms with E-state index in [0.717, 1.165) is 12.8 Å². The monoisotopic (exact) mass is 468 g/mol. The van der Waals surface area contributed by atoms with Gasteiger partial charge in [0, 0.05) is 31.7 Å². The number of aryl methyl sites for hydroxylation is 1. The lowest BCUT2D eigenvalue weighted by Gasteiger charge is -2.22. The van der Waals surface area contributed by atoms with E-state index < -0.39 is 6.16 Å². The summed E-state index contributed by atoms with van der Waals surface area (Å²) in [4.78, 5) is 40.5. The summed E-state index contributed by atoms with van der Waals surface area (Å²) in [5, 5.41) is 0. The Morgan fingerprint density at radius 2 is 1.47 bits per heavy atom. The molecule has 1 fully saturated rings. The Kier molecular flexibility index (Phi) is 9.31. The Balaban J connectivity index is 1.48. The maximum Gasteiger partial charge on any atom is 0.513 e. The highest BCUT2D eigenvalue weighted by Crippen LogP contribution is 2.17. The van der Waals surface area contributed by atoms with Crippen LogP contribution >= 0.6 is 0 Å². The van der Waals surface area contributed by atoms with E-state index in [1.54, 1.807) is 41.0 Å². The van der Waals surface area contributed by atoms with Gasteiger partial charge in [-0.3, -0.25) is 9.59 Å². The van der Waals surface area contributed by atoms with Crippen LogP contribution in [0.15, 0.2) is 48.5 Å². The average molecular weight is 469 g/mol. The summed E-state index contributed by atoms with van der Waals surface area (Å²) in [6, 6.07) is 14.2. The third-order valence-corrected chi connectivity index (χ3v) is 5.52. The number of nitrogens with zero attached hydrogens (tertiary/aromatic N) is 2. The van der Waals surface area contributed by atoms with E-state index in [0.29, 0.717) is 49.7 Å². The summed E-state index contributed by atoms with van der Waals surface area (Å²) in [5.41, 5.74) is 1.74. The molecule has 0 radical (unpaired) electrons. The van der Waals surface area contributed by atoms with Crippen molar-refractivity contribution < 1.29 is 28.6 Å². The highest BCUT2D eigenvalue weighted by molar-refractivity contribution is 5.94. The van der Waals surface area contributed by atoms with Crippen LogP contribution in [-0.2, 0) is 16.0 Å². The zero-order chi connectivity index (χ0) is 24.3. The van der Waals surface area contributed by atoms with Crippen LogP contribution in [0.25, 0.3) is 0 Å². The van der Waals surface area contributed by atoms with E-state index >= 15 is 0 Å². The average Bonchev–Trinajstić information content (AvgIpc) is 3.10. The van der Waals surface area contributed by atoms with E-state index in [1.165, 1.54) is 5.56 Å². The second-order valence-corrected chi connectivity index (χ2v) is 8.02. The summed E-state index contributed by atoms with van der Waals surface area (Å²) in [6.07, 6.45) is 2.01. The summed E-state index contributed by atoms with van der Waals surface area (Å²) < 4.78 is 15.4. The van der Waals surface area contributed by atoms with Gasteiger partial charge in [0.15, 0.2) is 6.61 Å². The molecule has 2 aromatic carbocycles. The van der Waals surface area contributed by atoms with Crippen molar-refractivity contribution in [3.8, 4) is 11.5 Å². The number of amides is 2. The fraction of sp³-hybridized carbons (Fsp3) is 0.423. The van der Waals surface area contributed by atoms with Gasteiger partial charge >= 0.3 is 6.16 Å². The summed E-state index contributed by atoms with van der Waals surface area (Å²) in [6.45, 7) is 6.06. The molecule has 0 spiro atoms. The molecular formula is C26H32N2O6. The van der Waals surface area contributed by atoms with Gasteiger partial charge in [-0.15, -0.1) is 0 Å². The van der Waals surface area contributed by atoms with Crippen LogP contribution in [0.3, 0.4) is 0 Å². The fourth-order valence-corrected chi connectivity index (χ4v) is 3.74. The first-order valence-corrected chi connectivity index (χ1v) is 11.7. The van der Waals surface area contributed by atoms with Gasteiger partial charge in [0.05, 0.1) is 6.61 Å². The molecule has 2 aromatic rings. The van der Waals surface area contributed by atoms with E-state index in [-0.39, 0.29) is 25.0 Å². The third kappa shape index (κ3) is 7.23. The first kappa shape index (κ1) is 25.1. The summed E-state index contributed by atoms with van der Waals surface area (Å²) in [7, 11) is 0. The Morgan fingerprint density at radius 1 is 0.824 bits per heavy atom. The van der Waals surface area contributed by atoms with Gasteiger partial charge in [-0.1, -0.05) is 25.5 Å². The number of carbonyl (C=O) groups excluding carboxylic acids is 3. The smallest absolute Gasteiger partial charge is 0.484 e. The van der Waals surface area contributed by atoms with Crippen molar-refractivity contribution in [3.05, 3.63) is 59.7 Å². The molecule has 182 valence electrons. The Bertz CT molecular complexity index is 958. The van der Waals surface area contributed by atoms with Crippen molar-refractivity contribution in [2.45, 2.75) is 33.1 Å². The van der Waals surface area contributed by atoms with Gasteiger partial charge in [0.1, 0.15) is 11.5 Å². The number of hydrogen-bond donors (Lipinski definition) is 0. The maximum atomic E-state index is 12.9. The molecule has 0 aliphatic carbocycles. The predicted molar refractivity (Wildman–Crippen MR) is 127 cm³/mol. The quantitative estimate of drug-likeness (QED) is 0.431. The first-order valence-electron chi connectivity index (χ1n) is 11.7. The van der Waals surface area contributed by atoms with Gasteiger partial charge < -0.3 is 24.0 Å². The molecule has 0 aromatic heterocycles. The molecule has 0 atom stereocenters. The molecule has 0 saturated carbocycles. The minimum Gasteiger partial charge on any atom is -0.484 e. The Morgan fingerprint density at radius 3 is 2.15 bits per heavy atom. The van der Waals surface area contributed by atoms with Crippen molar-refractivity contribution in [2.75, 3.05) is 39.4 Å². The third-order valence-electron chi connectivity index (χ3n) is 5.52. The number of ether oxygens (including phenoxy) is 3. The highest BCUT2D eigenvalue weighted by Gasteiger charge is 2.23. The van der Waals surface area contributed by atoms with Crippen molar-refractivity contribution in [1.82, 2.24) is 9.80 Å². The molecule has 3 rings (SSSR count). The van der Waals surface area contributed by atoms with Crippen LogP contribution in [0, 0.1) is 0 Å². The van der Waals surface area contributed by atoms with E-state index in [1.807, 2.05) is 24.3 Å².